The van der Waals surface area contributed by atoms with Crippen LogP contribution < -0.4 is 0 Å². The molecule has 0 bridgehead atoms. The van der Waals surface area contributed by atoms with Gasteiger partial charge in [-0.3, -0.25) is 0 Å². The smallest absolute Gasteiger partial charge is 0.342 e. The Bertz CT molecular complexity index is 515. The van der Waals surface area contributed by atoms with Crippen molar-refractivity contribution in [2.24, 2.45) is 0 Å². The maximum Gasteiger partial charge on any atom is 0.342 e. The molecule has 0 fully saturated rings. The SMILES string of the molecule is O=C(O)C(F)C(O)(c1ccccc1)c1ccccc1. The highest BCUT2D eigenvalue weighted by molar-refractivity contribution is 5.75. The second-order valence-electron chi connectivity index (χ2n) is 4.20. The Morgan fingerprint density at radius 3 is 1.63 bits per heavy atom. The Balaban J connectivity index is 2.61. The van der Waals surface area contributed by atoms with Crippen LogP contribution in [0.2, 0.25) is 0 Å². The van der Waals surface area contributed by atoms with Gasteiger partial charge in [0.1, 0.15) is 0 Å². The Morgan fingerprint density at radius 2 is 1.32 bits per heavy atom. The summed E-state index contributed by atoms with van der Waals surface area (Å²) in [5.74, 6) is -1.70. The zero-order valence-corrected chi connectivity index (χ0v) is 10.0. The minimum atomic E-state index is -2.45. The van der Waals surface area contributed by atoms with Gasteiger partial charge in [0.05, 0.1) is 0 Å². The molecular weight excluding hydrogens is 247 g/mol. The van der Waals surface area contributed by atoms with E-state index in [0.29, 0.717) is 0 Å². The van der Waals surface area contributed by atoms with Crippen LogP contribution in [0.1, 0.15) is 11.1 Å². The van der Waals surface area contributed by atoms with Gasteiger partial charge < -0.3 is 10.2 Å². The van der Waals surface area contributed by atoms with Crippen molar-refractivity contribution in [2.45, 2.75) is 11.8 Å². The molecule has 0 aliphatic carbocycles. The van der Waals surface area contributed by atoms with Crippen molar-refractivity contribution in [3.63, 3.8) is 0 Å². The lowest BCUT2D eigenvalue weighted by Crippen LogP contribution is -2.42. The number of aliphatic carboxylic acids is 1. The van der Waals surface area contributed by atoms with E-state index in [9.17, 15) is 14.3 Å². The van der Waals surface area contributed by atoms with E-state index in [-0.39, 0.29) is 11.1 Å². The van der Waals surface area contributed by atoms with Crippen molar-refractivity contribution >= 4 is 5.97 Å². The summed E-state index contributed by atoms with van der Waals surface area (Å²) in [5, 5.41) is 19.5. The standard InChI is InChI=1S/C15H13FO3/c16-13(14(17)18)15(19,11-7-3-1-4-8-11)12-9-5-2-6-10-12/h1-10,13,19H,(H,17,18). The summed E-state index contributed by atoms with van der Waals surface area (Å²) in [6.45, 7) is 0. The van der Waals surface area contributed by atoms with E-state index in [4.69, 9.17) is 5.11 Å². The summed E-state index contributed by atoms with van der Waals surface area (Å²) >= 11 is 0. The van der Waals surface area contributed by atoms with Gasteiger partial charge in [0, 0.05) is 0 Å². The van der Waals surface area contributed by atoms with Crippen LogP contribution in [0.4, 0.5) is 4.39 Å². The van der Waals surface area contributed by atoms with E-state index in [2.05, 4.69) is 0 Å². The zero-order valence-electron chi connectivity index (χ0n) is 10.0. The van der Waals surface area contributed by atoms with E-state index in [1.807, 2.05) is 0 Å². The van der Waals surface area contributed by atoms with Gasteiger partial charge in [-0.25, -0.2) is 9.18 Å². The Labute approximate surface area is 109 Å². The van der Waals surface area contributed by atoms with E-state index in [1.165, 1.54) is 24.3 Å². The van der Waals surface area contributed by atoms with Gasteiger partial charge in [0.15, 0.2) is 5.60 Å². The highest BCUT2D eigenvalue weighted by Crippen LogP contribution is 2.34. The fourth-order valence-electron chi connectivity index (χ4n) is 2.02. The van der Waals surface area contributed by atoms with Crippen molar-refractivity contribution in [1.82, 2.24) is 0 Å². The first-order chi connectivity index (χ1) is 9.06. The number of carboxylic acid groups (broad SMARTS) is 1. The molecule has 2 aromatic rings. The molecular formula is C15H13FO3. The van der Waals surface area contributed by atoms with Crippen molar-refractivity contribution in [1.29, 1.82) is 0 Å². The molecule has 0 spiro atoms. The van der Waals surface area contributed by atoms with Crippen LogP contribution in [-0.4, -0.2) is 22.4 Å². The maximum absolute atomic E-state index is 14.1. The molecule has 0 amide bonds. The van der Waals surface area contributed by atoms with Gasteiger partial charge in [-0.1, -0.05) is 60.7 Å². The van der Waals surface area contributed by atoms with Gasteiger partial charge in [-0.05, 0) is 11.1 Å². The molecule has 3 nitrogen and oxygen atoms in total. The van der Waals surface area contributed by atoms with Crippen molar-refractivity contribution in [2.75, 3.05) is 0 Å². The molecule has 2 rings (SSSR count). The second-order valence-corrected chi connectivity index (χ2v) is 4.20. The summed E-state index contributed by atoms with van der Waals surface area (Å²) in [5.41, 5.74) is -1.79. The first-order valence-corrected chi connectivity index (χ1v) is 5.77. The molecule has 98 valence electrons. The first-order valence-electron chi connectivity index (χ1n) is 5.77. The van der Waals surface area contributed by atoms with Crippen molar-refractivity contribution < 1.29 is 19.4 Å². The largest absolute Gasteiger partial charge is 0.479 e. The average molecular weight is 260 g/mol. The van der Waals surface area contributed by atoms with Crippen molar-refractivity contribution in [3.8, 4) is 0 Å². The fraction of sp³-hybridized carbons (Fsp3) is 0.133. The third-order valence-corrected chi connectivity index (χ3v) is 3.01. The lowest BCUT2D eigenvalue weighted by atomic mass is 9.82. The summed E-state index contributed by atoms with van der Waals surface area (Å²) < 4.78 is 14.1. The minimum Gasteiger partial charge on any atom is -0.479 e. The van der Waals surface area contributed by atoms with Crippen LogP contribution in [0.3, 0.4) is 0 Å². The summed E-state index contributed by atoms with van der Waals surface area (Å²) in [7, 11) is 0. The lowest BCUT2D eigenvalue weighted by Gasteiger charge is -2.30. The fourth-order valence-corrected chi connectivity index (χ4v) is 2.02. The molecule has 4 heteroatoms. The lowest BCUT2D eigenvalue weighted by molar-refractivity contribution is -0.152. The number of carbonyl (C=O) groups is 1. The second kappa shape index (κ2) is 5.20. The Hall–Kier alpha value is -2.20. The van der Waals surface area contributed by atoms with Gasteiger partial charge in [-0.15, -0.1) is 0 Å². The monoisotopic (exact) mass is 260 g/mol. The third-order valence-electron chi connectivity index (χ3n) is 3.01. The van der Waals surface area contributed by atoms with Crippen LogP contribution >= 0.6 is 0 Å². The molecule has 0 aromatic heterocycles. The molecule has 2 N–H and O–H groups in total. The quantitative estimate of drug-likeness (QED) is 0.887. The van der Waals surface area contributed by atoms with E-state index < -0.39 is 17.7 Å². The van der Waals surface area contributed by atoms with Crippen LogP contribution in [0.15, 0.2) is 60.7 Å². The number of rotatable bonds is 4. The number of benzene rings is 2. The molecule has 19 heavy (non-hydrogen) atoms. The highest BCUT2D eigenvalue weighted by atomic mass is 19.1. The topological polar surface area (TPSA) is 57.5 Å². The molecule has 0 aliphatic heterocycles. The molecule has 0 radical (unpaired) electrons. The highest BCUT2D eigenvalue weighted by Gasteiger charge is 2.45. The van der Waals surface area contributed by atoms with Gasteiger partial charge in [0.2, 0.25) is 6.17 Å². The summed E-state index contributed by atoms with van der Waals surface area (Å²) in [4.78, 5) is 11.0. The third kappa shape index (κ3) is 2.35. The van der Waals surface area contributed by atoms with Crippen LogP contribution in [0.5, 0.6) is 0 Å². The molecule has 1 unspecified atom stereocenters. The number of aliphatic hydroxyl groups is 1. The van der Waals surface area contributed by atoms with Crippen LogP contribution in [0.25, 0.3) is 0 Å². The molecule has 0 aliphatic rings. The average Bonchev–Trinajstić information content (AvgIpc) is 2.47. The van der Waals surface area contributed by atoms with E-state index >= 15 is 0 Å². The number of halogens is 1. The zero-order chi connectivity index (χ0) is 13.9. The predicted octanol–water partition coefficient (Wildman–Crippen LogP) is 2.35. The van der Waals surface area contributed by atoms with Gasteiger partial charge in [-0.2, -0.15) is 0 Å². The van der Waals surface area contributed by atoms with E-state index in [1.54, 1.807) is 36.4 Å². The summed E-state index contributed by atoms with van der Waals surface area (Å²) in [6.07, 6.45) is -2.45. The maximum atomic E-state index is 14.1. The molecule has 1 atom stereocenters. The summed E-state index contributed by atoms with van der Waals surface area (Å²) in [6, 6.07) is 15.9. The number of alkyl halides is 1. The Morgan fingerprint density at radius 1 is 0.947 bits per heavy atom. The van der Waals surface area contributed by atoms with Gasteiger partial charge >= 0.3 is 5.97 Å². The van der Waals surface area contributed by atoms with Gasteiger partial charge in [0.25, 0.3) is 0 Å². The normalized spacial score (nSPS) is 12.9. The molecule has 0 saturated carbocycles. The molecule has 0 heterocycles. The van der Waals surface area contributed by atoms with E-state index in [0.717, 1.165) is 0 Å². The number of hydrogen-bond acceptors (Lipinski definition) is 2. The predicted molar refractivity (Wildman–Crippen MR) is 68.4 cm³/mol. The van der Waals surface area contributed by atoms with Crippen molar-refractivity contribution in [3.05, 3.63) is 71.8 Å². The minimum absolute atomic E-state index is 0.205. The van der Waals surface area contributed by atoms with Crippen LogP contribution in [0, 0.1) is 0 Å². The molecule has 0 saturated heterocycles. The molecule has 2 aromatic carbocycles. The first kappa shape index (κ1) is 13.2. The number of hydrogen-bond donors (Lipinski definition) is 2. The van der Waals surface area contributed by atoms with Crippen LogP contribution in [-0.2, 0) is 10.4 Å². The number of carboxylic acids is 1. The Kier molecular flexibility index (Phi) is 3.62.